The molecule has 0 aliphatic carbocycles. The molecule has 1 saturated heterocycles. The number of aliphatic carboxylic acids is 1. The molecule has 1 atom stereocenters. The molecular formula is C12H19N5O3. The van der Waals surface area contributed by atoms with E-state index in [1.807, 2.05) is 7.05 Å². The number of nitrogens with one attached hydrogen (secondary N) is 1. The predicted octanol–water partition coefficient (Wildman–Crippen LogP) is 0.00630. The molecular weight excluding hydrogens is 262 g/mol. The Morgan fingerprint density at radius 3 is 3.00 bits per heavy atom. The summed E-state index contributed by atoms with van der Waals surface area (Å²) in [5, 5.41) is 19.3. The van der Waals surface area contributed by atoms with E-state index >= 15 is 0 Å². The Morgan fingerprint density at radius 1 is 1.55 bits per heavy atom. The summed E-state index contributed by atoms with van der Waals surface area (Å²) >= 11 is 0. The van der Waals surface area contributed by atoms with Crippen LogP contribution in [-0.2, 0) is 18.3 Å². The van der Waals surface area contributed by atoms with Crippen LogP contribution in [0, 0.1) is 0 Å². The maximum Gasteiger partial charge on any atom is 0.317 e. The van der Waals surface area contributed by atoms with Crippen molar-refractivity contribution >= 4 is 12.0 Å². The molecule has 2 rings (SSSR count). The molecule has 0 radical (unpaired) electrons. The van der Waals surface area contributed by atoms with Gasteiger partial charge in [0.15, 0.2) is 0 Å². The molecule has 1 aromatic rings. The van der Waals surface area contributed by atoms with Gasteiger partial charge in [0.1, 0.15) is 12.2 Å². The van der Waals surface area contributed by atoms with E-state index in [0.29, 0.717) is 19.5 Å². The molecule has 0 bridgehead atoms. The van der Waals surface area contributed by atoms with Gasteiger partial charge in [0.25, 0.3) is 0 Å². The van der Waals surface area contributed by atoms with Crippen LogP contribution in [0.2, 0.25) is 0 Å². The lowest BCUT2D eigenvalue weighted by molar-refractivity contribution is -0.137. The number of aryl methyl sites for hydroxylation is 1. The van der Waals surface area contributed by atoms with Crippen molar-refractivity contribution in [1.82, 2.24) is 25.0 Å². The second-order valence-corrected chi connectivity index (χ2v) is 4.93. The molecule has 1 unspecified atom stereocenters. The Labute approximate surface area is 116 Å². The fourth-order valence-corrected chi connectivity index (χ4v) is 2.43. The second-order valence-electron chi connectivity index (χ2n) is 4.93. The average Bonchev–Trinajstić information content (AvgIpc) is 2.98. The number of amides is 2. The lowest BCUT2D eigenvalue weighted by Gasteiger charge is -2.23. The van der Waals surface area contributed by atoms with Gasteiger partial charge in [0.2, 0.25) is 0 Å². The fourth-order valence-electron chi connectivity index (χ4n) is 2.43. The molecule has 8 heteroatoms. The number of likely N-dealkylation sites (tertiary alicyclic amines) is 1. The summed E-state index contributed by atoms with van der Waals surface area (Å²) in [6, 6.07) is -0.391. The van der Waals surface area contributed by atoms with Gasteiger partial charge in [-0.25, -0.2) is 4.79 Å². The summed E-state index contributed by atoms with van der Waals surface area (Å²) in [4.78, 5) is 24.4. The molecule has 0 spiro atoms. The van der Waals surface area contributed by atoms with Crippen LogP contribution in [0.4, 0.5) is 4.79 Å². The first-order chi connectivity index (χ1) is 9.58. The minimum atomic E-state index is -0.867. The molecule has 0 saturated carbocycles. The van der Waals surface area contributed by atoms with Crippen LogP contribution in [0.25, 0.3) is 0 Å². The molecule has 1 aliphatic rings. The van der Waals surface area contributed by atoms with Crippen molar-refractivity contribution in [3.05, 3.63) is 12.2 Å². The summed E-state index contributed by atoms with van der Waals surface area (Å²) in [5.41, 5.74) is 0. The number of hydrogen-bond acceptors (Lipinski definition) is 4. The standard InChI is InChI=1S/C12H19N5O3/c1-16-8-14-15-10(16)4-5-13-12(20)17-6-2-3-9(17)7-11(18)19/h8-9H,2-7H2,1H3,(H,13,20)(H,18,19). The van der Waals surface area contributed by atoms with Crippen molar-refractivity contribution in [2.75, 3.05) is 13.1 Å². The molecule has 20 heavy (non-hydrogen) atoms. The number of aromatic nitrogens is 3. The smallest absolute Gasteiger partial charge is 0.317 e. The molecule has 8 nitrogen and oxygen atoms in total. The maximum absolute atomic E-state index is 12.0. The van der Waals surface area contributed by atoms with Crippen LogP contribution in [-0.4, -0.2) is 55.9 Å². The highest BCUT2D eigenvalue weighted by atomic mass is 16.4. The van der Waals surface area contributed by atoms with Crippen LogP contribution < -0.4 is 5.32 Å². The van der Waals surface area contributed by atoms with Gasteiger partial charge >= 0.3 is 12.0 Å². The van der Waals surface area contributed by atoms with Gasteiger partial charge in [0.05, 0.1) is 6.42 Å². The van der Waals surface area contributed by atoms with E-state index < -0.39 is 5.97 Å². The highest BCUT2D eigenvalue weighted by Gasteiger charge is 2.30. The van der Waals surface area contributed by atoms with Gasteiger partial charge < -0.3 is 19.9 Å². The highest BCUT2D eigenvalue weighted by molar-refractivity contribution is 5.76. The van der Waals surface area contributed by atoms with E-state index in [9.17, 15) is 9.59 Å². The summed E-state index contributed by atoms with van der Waals surface area (Å²) < 4.78 is 1.80. The van der Waals surface area contributed by atoms with Crippen molar-refractivity contribution in [3.8, 4) is 0 Å². The first kappa shape index (κ1) is 14.3. The van der Waals surface area contributed by atoms with E-state index in [0.717, 1.165) is 18.7 Å². The van der Waals surface area contributed by atoms with Crippen molar-refractivity contribution < 1.29 is 14.7 Å². The van der Waals surface area contributed by atoms with Crippen LogP contribution in [0.15, 0.2) is 6.33 Å². The van der Waals surface area contributed by atoms with E-state index in [-0.39, 0.29) is 18.5 Å². The minimum absolute atomic E-state index is 0.0106. The number of nitrogens with zero attached hydrogens (tertiary/aromatic N) is 4. The Morgan fingerprint density at radius 2 is 2.35 bits per heavy atom. The van der Waals surface area contributed by atoms with Crippen molar-refractivity contribution in [2.24, 2.45) is 7.05 Å². The molecule has 1 aliphatic heterocycles. The van der Waals surface area contributed by atoms with Gasteiger partial charge in [-0.1, -0.05) is 0 Å². The van der Waals surface area contributed by atoms with Crippen molar-refractivity contribution in [2.45, 2.75) is 31.7 Å². The molecule has 0 aromatic carbocycles. The molecule has 2 heterocycles. The summed E-state index contributed by atoms with van der Waals surface area (Å²) in [6.07, 6.45) is 3.83. The van der Waals surface area contributed by atoms with Gasteiger partial charge in [-0.05, 0) is 12.8 Å². The minimum Gasteiger partial charge on any atom is -0.481 e. The topological polar surface area (TPSA) is 100 Å². The Kier molecular flexibility index (Phi) is 4.54. The maximum atomic E-state index is 12.0. The third-order valence-corrected chi connectivity index (χ3v) is 3.48. The van der Waals surface area contributed by atoms with Crippen LogP contribution >= 0.6 is 0 Å². The van der Waals surface area contributed by atoms with E-state index in [4.69, 9.17) is 5.11 Å². The van der Waals surface area contributed by atoms with Gasteiger partial charge in [-0.3, -0.25) is 4.79 Å². The predicted molar refractivity (Wildman–Crippen MR) is 70.1 cm³/mol. The first-order valence-electron chi connectivity index (χ1n) is 6.67. The lowest BCUT2D eigenvalue weighted by atomic mass is 10.1. The fraction of sp³-hybridized carbons (Fsp3) is 0.667. The van der Waals surface area contributed by atoms with Crippen molar-refractivity contribution in [3.63, 3.8) is 0 Å². The number of carboxylic acid groups (broad SMARTS) is 1. The molecule has 110 valence electrons. The first-order valence-corrected chi connectivity index (χ1v) is 6.67. The average molecular weight is 281 g/mol. The Balaban J connectivity index is 1.79. The SMILES string of the molecule is Cn1cnnc1CCNC(=O)N1CCCC1CC(=O)O. The molecule has 1 aromatic heterocycles. The quantitative estimate of drug-likeness (QED) is 0.791. The lowest BCUT2D eigenvalue weighted by Crippen LogP contribution is -2.44. The number of hydrogen-bond donors (Lipinski definition) is 2. The number of rotatable bonds is 5. The van der Waals surface area contributed by atoms with Crippen molar-refractivity contribution in [1.29, 1.82) is 0 Å². The van der Waals surface area contributed by atoms with Gasteiger partial charge in [-0.2, -0.15) is 0 Å². The number of carbonyl (C=O) groups excluding carboxylic acids is 1. The zero-order valence-electron chi connectivity index (χ0n) is 11.4. The Hall–Kier alpha value is -2.12. The van der Waals surface area contributed by atoms with E-state index in [2.05, 4.69) is 15.5 Å². The van der Waals surface area contributed by atoms with E-state index in [1.54, 1.807) is 15.8 Å². The highest BCUT2D eigenvalue weighted by Crippen LogP contribution is 2.19. The second kappa shape index (κ2) is 6.36. The van der Waals surface area contributed by atoms with E-state index in [1.165, 1.54) is 0 Å². The number of urea groups is 1. The summed E-state index contributed by atoms with van der Waals surface area (Å²) in [5.74, 6) is -0.0670. The zero-order valence-corrected chi connectivity index (χ0v) is 11.4. The molecule has 2 N–H and O–H groups in total. The largest absolute Gasteiger partial charge is 0.481 e. The number of carbonyl (C=O) groups is 2. The monoisotopic (exact) mass is 281 g/mol. The molecule has 1 fully saturated rings. The summed E-state index contributed by atoms with van der Waals surface area (Å²) in [7, 11) is 1.85. The zero-order chi connectivity index (χ0) is 14.5. The molecule has 2 amide bonds. The summed E-state index contributed by atoms with van der Waals surface area (Å²) in [6.45, 7) is 1.08. The normalized spacial score (nSPS) is 18.2. The van der Waals surface area contributed by atoms with Crippen LogP contribution in [0.5, 0.6) is 0 Å². The van der Waals surface area contributed by atoms with Crippen LogP contribution in [0.3, 0.4) is 0 Å². The third-order valence-electron chi connectivity index (χ3n) is 3.48. The third kappa shape index (κ3) is 3.46. The van der Waals surface area contributed by atoms with Gasteiger partial charge in [-0.15, -0.1) is 10.2 Å². The van der Waals surface area contributed by atoms with Gasteiger partial charge in [0, 0.05) is 32.6 Å². The Bertz CT molecular complexity index is 487. The van der Waals surface area contributed by atoms with Crippen LogP contribution in [0.1, 0.15) is 25.1 Å². The number of carboxylic acids is 1.